The first-order valence-electron chi connectivity index (χ1n) is 7.66. The molecule has 2 heterocycles. The molecule has 0 bridgehead atoms. The van der Waals surface area contributed by atoms with Crippen molar-refractivity contribution < 1.29 is 4.79 Å². The maximum atomic E-state index is 9.82. The highest BCUT2D eigenvalue weighted by atomic mass is 32.1. The largest absolute Gasteiger partial charge is 0.399 e. The summed E-state index contributed by atoms with van der Waals surface area (Å²) in [6.07, 6.45) is 9.45. The van der Waals surface area contributed by atoms with Gasteiger partial charge in [-0.1, -0.05) is 19.9 Å². The number of nitrogens with two attached hydrogens (primary N) is 1. The van der Waals surface area contributed by atoms with Gasteiger partial charge in [0.25, 0.3) is 0 Å². The van der Waals surface area contributed by atoms with E-state index >= 15 is 0 Å². The van der Waals surface area contributed by atoms with Crippen molar-refractivity contribution >= 4 is 30.0 Å². The van der Waals surface area contributed by atoms with Crippen LogP contribution in [0, 0.1) is 0 Å². The van der Waals surface area contributed by atoms with Crippen molar-refractivity contribution in [1.82, 2.24) is 10.2 Å². The van der Waals surface area contributed by atoms with Crippen molar-refractivity contribution in [2.45, 2.75) is 26.4 Å². The molecule has 1 aromatic heterocycles. The van der Waals surface area contributed by atoms with Gasteiger partial charge in [0.05, 0.1) is 6.17 Å². The van der Waals surface area contributed by atoms with E-state index in [4.69, 9.17) is 5.73 Å². The molecule has 0 aromatic carbocycles. The number of thiophene rings is 1. The van der Waals surface area contributed by atoms with E-state index in [1.165, 1.54) is 4.88 Å². The third-order valence-corrected chi connectivity index (χ3v) is 3.78. The highest BCUT2D eigenvalue weighted by Gasteiger charge is 2.22. The fraction of sp³-hybridized carbons (Fsp3) is 0.412. The van der Waals surface area contributed by atoms with E-state index in [0.717, 1.165) is 19.4 Å². The Bertz CT molecular complexity index is 495. The van der Waals surface area contributed by atoms with Crippen LogP contribution in [-0.2, 0) is 4.79 Å². The van der Waals surface area contributed by atoms with Gasteiger partial charge < -0.3 is 11.1 Å². The van der Waals surface area contributed by atoms with E-state index in [9.17, 15) is 4.79 Å². The Morgan fingerprint density at radius 3 is 2.65 bits per heavy atom. The van der Waals surface area contributed by atoms with Crippen molar-refractivity contribution in [3.63, 3.8) is 0 Å². The van der Waals surface area contributed by atoms with Crippen molar-refractivity contribution in [1.29, 1.82) is 0 Å². The average Bonchev–Trinajstić information content (AvgIpc) is 3.10. The number of hydrogen-bond donors (Lipinski definition) is 2. The van der Waals surface area contributed by atoms with Gasteiger partial charge >= 0.3 is 0 Å². The second kappa shape index (κ2) is 13.7. The Morgan fingerprint density at radius 2 is 2.26 bits per heavy atom. The van der Waals surface area contributed by atoms with Crippen molar-refractivity contribution in [3.05, 3.63) is 40.2 Å². The van der Waals surface area contributed by atoms with Crippen LogP contribution in [-0.4, -0.2) is 44.3 Å². The molecule has 0 spiro atoms. The highest BCUT2D eigenvalue weighted by molar-refractivity contribution is 7.10. The Morgan fingerprint density at radius 1 is 1.52 bits per heavy atom. The molecule has 1 saturated heterocycles. The zero-order valence-corrected chi connectivity index (χ0v) is 15.2. The van der Waals surface area contributed by atoms with Crippen LogP contribution in [0.15, 0.2) is 40.4 Å². The Kier molecular flexibility index (Phi) is 12.6. The molecule has 0 aliphatic carbocycles. The van der Waals surface area contributed by atoms with Crippen molar-refractivity contribution in [2.24, 2.45) is 10.7 Å². The van der Waals surface area contributed by atoms with Crippen LogP contribution in [0.5, 0.6) is 0 Å². The Labute approximate surface area is 143 Å². The summed E-state index contributed by atoms with van der Waals surface area (Å²) in [5.41, 5.74) is 6.37. The van der Waals surface area contributed by atoms with Gasteiger partial charge in [-0.15, -0.1) is 11.3 Å². The van der Waals surface area contributed by atoms with E-state index in [2.05, 4.69) is 15.2 Å². The molecule has 1 aliphatic heterocycles. The van der Waals surface area contributed by atoms with Gasteiger partial charge in [0.1, 0.15) is 0 Å². The number of aliphatic imine (C=N–C) groups is 1. The lowest BCUT2D eigenvalue weighted by molar-refractivity contribution is -0.112. The SMILES string of the molecule is CC.CN1CCC1NC=O.CN=C/C=C(N)/C=C/c1cccs1. The van der Waals surface area contributed by atoms with Gasteiger partial charge in [-0.2, -0.15) is 0 Å². The molecule has 1 aromatic rings. The van der Waals surface area contributed by atoms with Gasteiger partial charge in [0, 0.05) is 30.4 Å². The first kappa shape index (κ1) is 21.1. The van der Waals surface area contributed by atoms with Crippen LogP contribution in [0.3, 0.4) is 0 Å². The molecule has 5 nitrogen and oxygen atoms in total. The summed E-state index contributed by atoms with van der Waals surface area (Å²) >= 11 is 1.69. The molecule has 23 heavy (non-hydrogen) atoms. The van der Waals surface area contributed by atoms with E-state index in [1.54, 1.807) is 30.7 Å². The van der Waals surface area contributed by atoms with Crippen LogP contribution in [0.2, 0.25) is 0 Å². The lowest BCUT2D eigenvalue weighted by Crippen LogP contribution is -2.53. The molecule has 1 atom stereocenters. The standard InChI is InChI=1S/C10H12N2S.C5H10N2O.C2H6/c1-12-7-6-9(11)4-5-10-3-2-8-13-10;1-7-3-2-5(7)6-4-8;1-2/h2-8H,11H2,1H3;4-5H,2-3H2,1H3,(H,6,8);1-2H3/b5-4+,9-6-,12-7?;;. The van der Waals surface area contributed by atoms with E-state index in [1.807, 2.05) is 50.6 Å². The summed E-state index contributed by atoms with van der Waals surface area (Å²) in [5, 5.41) is 4.71. The topological polar surface area (TPSA) is 70.7 Å². The maximum Gasteiger partial charge on any atom is 0.208 e. The fourth-order valence-corrected chi connectivity index (χ4v) is 2.20. The number of carbonyl (C=O) groups excluding carboxylic acids is 1. The third-order valence-electron chi connectivity index (χ3n) is 2.95. The third kappa shape index (κ3) is 9.65. The van der Waals surface area contributed by atoms with Gasteiger partial charge in [0.15, 0.2) is 0 Å². The number of allylic oxidation sites excluding steroid dienone is 2. The molecule has 6 heteroatoms. The monoisotopic (exact) mass is 336 g/mol. The minimum absolute atomic E-state index is 0.312. The van der Waals surface area contributed by atoms with Crippen LogP contribution in [0.1, 0.15) is 25.1 Å². The molecular weight excluding hydrogens is 308 g/mol. The summed E-state index contributed by atoms with van der Waals surface area (Å²) in [6, 6.07) is 4.06. The average molecular weight is 337 g/mol. The minimum Gasteiger partial charge on any atom is -0.399 e. The molecule has 128 valence electrons. The van der Waals surface area contributed by atoms with Gasteiger partial charge in [-0.05, 0) is 43.1 Å². The number of carbonyl (C=O) groups is 1. The molecule has 0 radical (unpaired) electrons. The lowest BCUT2D eigenvalue weighted by Gasteiger charge is -2.36. The molecule has 1 fully saturated rings. The zero-order valence-electron chi connectivity index (χ0n) is 14.4. The quantitative estimate of drug-likeness (QED) is 0.493. The maximum absolute atomic E-state index is 9.82. The Balaban J connectivity index is 0.000000414. The van der Waals surface area contributed by atoms with Gasteiger partial charge in [-0.25, -0.2) is 0 Å². The predicted molar refractivity (Wildman–Crippen MR) is 102 cm³/mol. The minimum atomic E-state index is 0.312. The summed E-state index contributed by atoms with van der Waals surface area (Å²) in [6.45, 7) is 5.10. The van der Waals surface area contributed by atoms with Crippen LogP contribution in [0.4, 0.5) is 0 Å². The lowest BCUT2D eigenvalue weighted by atomic mass is 10.2. The summed E-state index contributed by atoms with van der Waals surface area (Å²) < 4.78 is 0. The van der Waals surface area contributed by atoms with Gasteiger partial charge in [-0.3, -0.25) is 14.7 Å². The second-order valence-electron chi connectivity index (χ2n) is 4.49. The number of rotatable bonds is 5. The van der Waals surface area contributed by atoms with Crippen molar-refractivity contribution in [2.75, 3.05) is 20.6 Å². The smallest absolute Gasteiger partial charge is 0.208 e. The van der Waals surface area contributed by atoms with Crippen LogP contribution in [0.25, 0.3) is 6.08 Å². The van der Waals surface area contributed by atoms with Crippen molar-refractivity contribution in [3.8, 4) is 0 Å². The summed E-state index contributed by atoms with van der Waals surface area (Å²) in [5.74, 6) is 0. The number of hydrogen-bond acceptors (Lipinski definition) is 5. The van der Waals surface area contributed by atoms with E-state index in [0.29, 0.717) is 11.9 Å². The first-order chi connectivity index (χ1) is 11.2. The van der Waals surface area contributed by atoms with E-state index in [-0.39, 0.29) is 0 Å². The number of nitrogens with one attached hydrogen (secondary N) is 1. The molecule has 1 aliphatic rings. The Hall–Kier alpha value is -1.92. The number of nitrogens with zero attached hydrogens (tertiary/aromatic N) is 2. The summed E-state index contributed by atoms with van der Waals surface area (Å²) in [7, 11) is 3.71. The fourth-order valence-electron chi connectivity index (χ4n) is 1.59. The normalized spacial score (nSPS) is 17.7. The van der Waals surface area contributed by atoms with Crippen LogP contribution < -0.4 is 11.1 Å². The summed E-state index contributed by atoms with van der Waals surface area (Å²) in [4.78, 5) is 16.9. The first-order valence-corrected chi connectivity index (χ1v) is 8.54. The van der Waals surface area contributed by atoms with Crippen LogP contribution >= 0.6 is 11.3 Å². The zero-order chi connectivity index (χ0) is 17.5. The van der Waals surface area contributed by atoms with Gasteiger partial charge in [0.2, 0.25) is 6.41 Å². The predicted octanol–water partition coefficient (Wildman–Crippen LogP) is 2.72. The molecule has 0 saturated carbocycles. The molecule has 1 unspecified atom stereocenters. The molecular formula is C17H28N4OS. The number of likely N-dealkylation sites (tertiary alicyclic amines) is 1. The molecule has 2 rings (SSSR count). The van der Waals surface area contributed by atoms with E-state index < -0.39 is 0 Å². The number of amides is 1. The highest BCUT2D eigenvalue weighted by Crippen LogP contribution is 2.10. The molecule has 1 amide bonds. The second-order valence-corrected chi connectivity index (χ2v) is 5.47. The molecule has 3 N–H and O–H groups in total.